The Hall–Kier alpha value is -2.17. The molecule has 0 bridgehead atoms. The number of rotatable bonds is 18. The van der Waals surface area contributed by atoms with Crippen molar-refractivity contribution in [2.24, 2.45) is 0 Å². The molecular weight excluding hydrogens is 404 g/mol. The number of hydrogen-bond acceptors (Lipinski definition) is 5. The molecule has 0 fully saturated rings. The van der Waals surface area contributed by atoms with Gasteiger partial charge in [0.1, 0.15) is 5.75 Å². The van der Waals surface area contributed by atoms with Gasteiger partial charge in [-0.1, -0.05) is 90.9 Å². The van der Waals surface area contributed by atoms with Crippen LogP contribution < -0.4 is 14.9 Å². The summed E-state index contributed by atoms with van der Waals surface area (Å²) in [5, 5.41) is 0. The van der Waals surface area contributed by atoms with E-state index >= 15 is 0 Å². The molecule has 0 unspecified atom stereocenters. The first-order valence-electron chi connectivity index (χ1n) is 12.6. The number of unbranched alkanes of at least 4 members (excludes halogenated alkanes) is 12. The fraction of sp³-hybridized carbons (Fsp3) is 0.667. The lowest BCUT2D eigenvalue weighted by atomic mass is 10.1. The molecule has 0 atom stereocenters. The van der Waals surface area contributed by atoms with E-state index in [0.717, 1.165) is 51.4 Å². The Morgan fingerprint density at radius 3 is 1.56 bits per heavy atom. The van der Waals surface area contributed by atoms with Crippen LogP contribution in [-0.4, -0.2) is 11.9 Å². The summed E-state index contributed by atoms with van der Waals surface area (Å²) in [6.07, 6.45) is 16.5. The first-order valence-corrected chi connectivity index (χ1v) is 12.6. The summed E-state index contributed by atoms with van der Waals surface area (Å²) >= 11 is 0. The number of carbonyl (C=O) groups excluding carboxylic acids is 2. The van der Waals surface area contributed by atoms with Gasteiger partial charge in [0.2, 0.25) is 5.43 Å². The Labute approximate surface area is 193 Å². The second-order valence-electron chi connectivity index (χ2n) is 8.49. The van der Waals surface area contributed by atoms with E-state index in [-0.39, 0.29) is 17.5 Å². The highest BCUT2D eigenvalue weighted by atomic mass is 16.5. The van der Waals surface area contributed by atoms with Crippen molar-refractivity contribution < 1.29 is 19.1 Å². The first-order chi connectivity index (χ1) is 15.6. The van der Waals surface area contributed by atoms with Gasteiger partial charge >= 0.3 is 11.9 Å². The van der Waals surface area contributed by atoms with Crippen molar-refractivity contribution in [2.75, 3.05) is 0 Å². The fourth-order valence-electron chi connectivity index (χ4n) is 3.50. The molecule has 0 spiro atoms. The van der Waals surface area contributed by atoms with Gasteiger partial charge in [-0.2, -0.15) is 0 Å². The van der Waals surface area contributed by atoms with Gasteiger partial charge < -0.3 is 9.47 Å². The van der Waals surface area contributed by atoms with Crippen LogP contribution in [0.25, 0.3) is 0 Å². The standard InChI is InChI=1S/C27H42O5/c1-3-5-7-9-10-11-12-14-16-17-26(29)31-23-19-21-24(28)25(22-20-23)32-27(30)18-15-13-8-6-4-2/h19-22H,3-18H2,1-2H3. The Bertz CT molecular complexity index is 713. The zero-order valence-electron chi connectivity index (χ0n) is 20.2. The molecule has 0 saturated carbocycles. The highest BCUT2D eigenvalue weighted by Gasteiger charge is 2.09. The van der Waals surface area contributed by atoms with Crippen LogP contribution in [0, 0.1) is 0 Å². The van der Waals surface area contributed by atoms with Gasteiger partial charge in [0.25, 0.3) is 0 Å². The molecule has 0 aromatic heterocycles. The number of carbonyl (C=O) groups is 2. The van der Waals surface area contributed by atoms with E-state index in [4.69, 9.17) is 9.47 Å². The van der Waals surface area contributed by atoms with E-state index in [1.807, 2.05) is 0 Å². The molecule has 1 aromatic rings. The highest BCUT2D eigenvalue weighted by molar-refractivity contribution is 5.73. The summed E-state index contributed by atoms with van der Waals surface area (Å²) in [4.78, 5) is 36.2. The maximum atomic E-state index is 12.1. The molecule has 0 aliphatic heterocycles. The van der Waals surface area contributed by atoms with Gasteiger partial charge in [0.15, 0.2) is 5.75 Å². The van der Waals surface area contributed by atoms with E-state index in [1.165, 1.54) is 62.8 Å². The van der Waals surface area contributed by atoms with Crippen LogP contribution >= 0.6 is 0 Å². The minimum atomic E-state index is -0.412. The lowest BCUT2D eigenvalue weighted by Gasteiger charge is -2.03. The SMILES string of the molecule is CCCCCCCCCCCC(=O)Oc1ccc(OC(=O)CCCCCCC)c(=O)cc1. The van der Waals surface area contributed by atoms with E-state index < -0.39 is 11.4 Å². The lowest BCUT2D eigenvalue weighted by Crippen LogP contribution is -2.12. The topological polar surface area (TPSA) is 69.7 Å². The molecule has 5 nitrogen and oxygen atoms in total. The lowest BCUT2D eigenvalue weighted by molar-refractivity contribution is -0.135. The summed E-state index contributed by atoms with van der Waals surface area (Å²) in [7, 11) is 0. The third kappa shape index (κ3) is 14.0. The highest BCUT2D eigenvalue weighted by Crippen LogP contribution is 2.15. The Kier molecular flexibility index (Phi) is 16.0. The second kappa shape index (κ2) is 18.4. The van der Waals surface area contributed by atoms with Crippen LogP contribution in [-0.2, 0) is 9.59 Å². The van der Waals surface area contributed by atoms with Gasteiger partial charge in [-0.25, -0.2) is 0 Å². The van der Waals surface area contributed by atoms with Crippen LogP contribution in [0.2, 0.25) is 0 Å². The molecule has 0 saturated heterocycles. The molecule has 1 aromatic carbocycles. The van der Waals surface area contributed by atoms with Crippen molar-refractivity contribution in [1.82, 2.24) is 0 Å². The van der Waals surface area contributed by atoms with Gasteiger partial charge in [-0.3, -0.25) is 14.4 Å². The Morgan fingerprint density at radius 1 is 0.594 bits per heavy atom. The molecule has 0 heterocycles. The van der Waals surface area contributed by atoms with Crippen molar-refractivity contribution in [3.8, 4) is 11.5 Å². The largest absolute Gasteiger partial charge is 0.427 e. The molecule has 32 heavy (non-hydrogen) atoms. The first kappa shape index (κ1) is 27.9. The Balaban J connectivity index is 2.32. The predicted molar refractivity (Wildman–Crippen MR) is 129 cm³/mol. The second-order valence-corrected chi connectivity index (χ2v) is 8.49. The summed E-state index contributed by atoms with van der Waals surface area (Å²) in [6.45, 7) is 4.36. The molecule has 0 aliphatic carbocycles. The molecular formula is C27H42O5. The smallest absolute Gasteiger partial charge is 0.311 e. The minimum absolute atomic E-state index is 0.0372. The molecule has 0 radical (unpaired) electrons. The van der Waals surface area contributed by atoms with Crippen LogP contribution in [0.4, 0.5) is 0 Å². The van der Waals surface area contributed by atoms with Crippen molar-refractivity contribution in [1.29, 1.82) is 0 Å². The van der Waals surface area contributed by atoms with Crippen LogP contribution in [0.15, 0.2) is 29.1 Å². The van der Waals surface area contributed by atoms with Crippen LogP contribution in [0.3, 0.4) is 0 Å². The van der Waals surface area contributed by atoms with Crippen molar-refractivity contribution in [3.05, 3.63) is 34.5 Å². The van der Waals surface area contributed by atoms with Gasteiger partial charge in [-0.05, 0) is 37.1 Å². The summed E-state index contributed by atoms with van der Waals surface area (Å²) in [6, 6.07) is 5.61. The third-order valence-electron chi connectivity index (χ3n) is 5.47. The van der Waals surface area contributed by atoms with Gasteiger partial charge in [-0.15, -0.1) is 0 Å². The number of esters is 2. The quantitative estimate of drug-likeness (QED) is 0.177. The van der Waals surface area contributed by atoms with E-state index in [1.54, 1.807) is 0 Å². The maximum absolute atomic E-state index is 12.1. The molecule has 0 amide bonds. The number of ether oxygens (including phenoxy) is 2. The van der Waals surface area contributed by atoms with Gasteiger partial charge in [0.05, 0.1) is 0 Å². The van der Waals surface area contributed by atoms with Crippen molar-refractivity contribution in [2.45, 2.75) is 117 Å². The van der Waals surface area contributed by atoms with E-state index in [0.29, 0.717) is 12.8 Å². The predicted octanol–water partition coefficient (Wildman–Crippen LogP) is 7.14. The average molecular weight is 447 g/mol. The van der Waals surface area contributed by atoms with Crippen molar-refractivity contribution >= 4 is 11.9 Å². The molecule has 180 valence electrons. The molecule has 5 heteroatoms. The summed E-state index contributed by atoms with van der Waals surface area (Å²) in [5.74, 6) is -0.472. The van der Waals surface area contributed by atoms with Gasteiger partial charge in [0, 0.05) is 12.8 Å². The molecule has 1 rings (SSSR count). The third-order valence-corrected chi connectivity index (χ3v) is 5.47. The van der Waals surface area contributed by atoms with E-state index in [9.17, 15) is 14.4 Å². The zero-order chi connectivity index (χ0) is 23.4. The summed E-state index contributed by atoms with van der Waals surface area (Å²) in [5.41, 5.74) is -0.412. The molecule has 0 N–H and O–H groups in total. The zero-order valence-corrected chi connectivity index (χ0v) is 20.2. The fourth-order valence-corrected chi connectivity index (χ4v) is 3.50. The monoisotopic (exact) mass is 446 g/mol. The normalized spacial score (nSPS) is 10.7. The number of hydrogen-bond donors (Lipinski definition) is 0. The summed E-state index contributed by atoms with van der Waals surface area (Å²) < 4.78 is 10.6. The Morgan fingerprint density at radius 2 is 1.03 bits per heavy atom. The van der Waals surface area contributed by atoms with Crippen LogP contribution in [0.1, 0.15) is 117 Å². The van der Waals surface area contributed by atoms with Crippen LogP contribution in [0.5, 0.6) is 11.5 Å². The molecule has 0 aliphatic rings. The van der Waals surface area contributed by atoms with E-state index in [2.05, 4.69) is 13.8 Å². The average Bonchev–Trinajstić information content (AvgIpc) is 2.94. The maximum Gasteiger partial charge on any atom is 0.311 e. The minimum Gasteiger partial charge on any atom is -0.427 e. The van der Waals surface area contributed by atoms with Crippen molar-refractivity contribution in [3.63, 3.8) is 0 Å².